The Morgan fingerprint density at radius 2 is 1.00 bits per heavy atom. The van der Waals surface area contributed by atoms with Gasteiger partial charge in [0.05, 0.1) is 0 Å². The maximum Gasteiger partial charge on any atom is 0.282 e. The smallest absolute Gasteiger partial charge is 0.282 e. The van der Waals surface area contributed by atoms with Crippen molar-refractivity contribution in [3.05, 3.63) is 12.2 Å². The lowest BCUT2D eigenvalue weighted by atomic mass is 10.1. The molecule has 3 heteroatoms. The van der Waals surface area contributed by atoms with E-state index in [2.05, 4.69) is 19.1 Å². The van der Waals surface area contributed by atoms with E-state index in [0.29, 0.717) is 0 Å². The highest BCUT2D eigenvalue weighted by Crippen LogP contribution is 2.21. The first-order chi connectivity index (χ1) is 11.7. The van der Waals surface area contributed by atoms with Gasteiger partial charge in [0.1, 0.15) is 0 Å². The van der Waals surface area contributed by atoms with Crippen LogP contribution in [0, 0.1) is 0 Å². The van der Waals surface area contributed by atoms with Crippen LogP contribution in [-0.2, 0) is 14.2 Å². The van der Waals surface area contributed by atoms with Crippen LogP contribution in [0.2, 0.25) is 0 Å². The average Bonchev–Trinajstić information content (AvgIpc) is 2.62. The largest absolute Gasteiger partial charge is 0.331 e. The Hall–Kier alpha value is -0.380. The van der Waals surface area contributed by atoms with Crippen LogP contribution in [0.25, 0.3) is 0 Å². The van der Waals surface area contributed by atoms with Gasteiger partial charge in [0.2, 0.25) is 0 Å². The van der Waals surface area contributed by atoms with Crippen molar-refractivity contribution < 1.29 is 14.2 Å². The van der Waals surface area contributed by atoms with E-state index in [1.807, 2.05) is 0 Å². The summed E-state index contributed by atoms with van der Waals surface area (Å²) in [6, 6.07) is 0. The highest BCUT2D eigenvalue weighted by atomic mass is 16.9. The Morgan fingerprint density at radius 1 is 0.583 bits per heavy atom. The molecule has 0 spiro atoms. The molecule has 0 saturated carbocycles. The third-order valence-electron chi connectivity index (χ3n) is 4.68. The van der Waals surface area contributed by atoms with Crippen molar-refractivity contribution >= 4 is 0 Å². The van der Waals surface area contributed by atoms with Crippen LogP contribution in [0.4, 0.5) is 0 Å². The first-order valence-electron chi connectivity index (χ1n) is 10.0. The average molecular weight is 343 g/mol. The van der Waals surface area contributed by atoms with E-state index in [9.17, 15) is 0 Å². The molecule has 0 aliphatic carbocycles. The van der Waals surface area contributed by atoms with Gasteiger partial charge in [0, 0.05) is 27.8 Å². The highest BCUT2D eigenvalue weighted by molar-refractivity contribution is 4.81. The summed E-state index contributed by atoms with van der Waals surface area (Å²) >= 11 is 0. The van der Waals surface area contributed by atoms with E-state index >= 15 is 0 Å². The molecule has 3 nitrogen and oxygen atoms in total. The van der Waals surface area contributed by atoms with Gasteiger partial charge in [-0.05, 0) is 32.1 Å². The summed E-state index contributed by atoms with van der Waals surface area (Å²) < 4.78 is 15.9. The van der Waals surface area contributed by atoms with E-state index in [4.69, 9.17) is 14.2 Å². The number of allylic oxidation sites excluding steroid dienone is 2. The normalized spacial score (nSPS) is 12.3. The lowest BCUT2D eigenvalue weighted by Crippen LogP contribution is -2.35. The highest BCUT2D eigenvalue weighted by Gasteiger charge is 2.28. The summed E-state index contributed by atoms with van der Waals surface area (Å²) in [5.74, 6) is -0.848. The van der Waals surface area contributed by atoms with Crippen LogP contribution in [0.5, 0.6) is 0 Å². The Balaban J connectivity index is 3.34. The first kappa shape index (κ1) is 23.6. The van der Waals surface area contributed by atoms with Gasteiger partial charge in [0.25, 0.3) is 5.97 Å². The molecule has 0 unspecified atom stereocenters. The molecule has 0 bridgehead atoms. The molecule has 0 aromatic rings. The molecule has 24 heavy (non-hydrogen) atoms. The molecule has 0 amide bonds. The summed E-state index contributed by atoms with van der Waals surface area (Å²) in [6.45, 7) is 2.27. The van der Waals surface area contributed by atoms with Gasteiger partial charge in [-0.15, -0.1) is 0 Å². The molecule has 0 aromatic carbocycles. The number of rotatable bonds is 18. The van der Waals surface area contributed by atoms with Gasteiger partial charge in [-0.3, -0.25) is 0 Å². The maximum absolute atomic E-state index is 5.30. The molecule has 0 aliphatic rings. The van der Waals surface area contributed by atoms with Crippen LogP contribution >= 0.6 is 0 Å². The quantitative estimate of drug-likeness (QED) is 0.159. The minimum absolute atomic E-state index is 0.786. The molecule has 0 heterocycles. The van der Waals surface area contributed by atoms with E-state index < -0.39 is 5.97 Å². The molecule has 0 fully saturated rings. The predicted octanol–water partition coefficient (Wildman–Crippen LogP) is 6.62. The fraction of sp³-hybridized carbons (Fsp3) is 0.905. The monoisotopic (exact) mass is 342 g/mol. The van der Waals surface area contributed by atoms with Gasteiger partial charge >= 0.3 is 0 Å². The standard InChI is InChI=1S/C21H42O3/c1-5-6-7-8-9-10-11-12-13-14-15-16-17-18-19-20-21(22-2,23-3)24-4/h12-13H,5-11,14-20H2,1-4H3/b13-12-. The van der Waals surface area contributed by atoms with Gasteiger partial charge < -0.3 is 14.2 Å². The Kier molecular flexibility index (Phi) is 17.2. The van der Waals surface area contributed by atoms with E-state index in [-0.39, 0.29) is 0 Å². The van der Waals surface area contributed by atoms with Crippen LogP contribution in [0.1, 0.15) is 96.8 Å². The van der Waals surface area contributed by atoms with Crippen LogP contribution in [0.3, 0.4) is 0 Å². The third kappa shape index (κ3) is 13.0. The summed E-state index contributed by atoms with van der Waals surface area (Å²) in [5.41, 5.74) is 0. The number of hydrogen-bond acceptors (Lipinski definition) is 3. The Bertz CT molecular complexity index is 264. The second-order valence-corrected chi connectivity index (χ2v) is 6.63. The molecular formula is C21H42O3. The molecule has 0 radical (unpaired) electrons. The number of ether oxygens (including phenoxy) is 3. The van der Waals surface area contributed by atoms with E-state index in [0.717, 1.165) is 12.8 Å². The van der Waals surface area contributed by atoms with E-state index in [1.54, 1.807) is 21.3 Å². The van der Waals surface area contributed by atoms with Crippen molar-refractivity contribution in [2.24, 2.45) is 0 Å². The summed E-state index contributed by atoms with van der Waals surface area (Å²) in [7, 11) is 4.89. The summed E-state index contributed by atoms with van der Waals surface area (Å²) in [4.78, 5) is 0. The van der Waals surface area contributed by atoms with Crippen molar-refractivity contribution in [1.29, 1.82) is 0 Å². The Labute approximate surface area is 151 Å². The topological polar surface area (TPSA) is 27.7 Å². The second-order valence-electron chi connectivity index (χ2n) is 6.63. The molecule has 144 valence electrons. The zero-order valence-corrected chi connectivity index (χ0v) is 16.8. The van der Waals surface area contributed by atoms with Crippen LogP contribution in [-0.4, -0.2) is 27.3 Å². The molecule has 0 N–H and O–H groups in total. The summed E-state index contributed by atoms with van der Waals surface area (Å²) in [5, 5.41) is 0. The van der Waals surface area contributed by atoms with Crippen molar-refractivity contribution in [3.8, 4) is 0 Å². The molecule has 0 aromatic heterocycles. The minimum Gasteiger partial charge on any atom is -0.331 e. The van der Waals surface area contributed by atoms with Gasteiger partial charge in [0.15, 0.2) is 0 Å². The number of unbranched alkanes of at least 4 members (excludes halogenated alkanes) is 11. The molecule has 0 rings (SSSR count). The molecule has 0 aliphatic heterocycles. The zero-order valence-electron chi connectivity index (χ0n) is 16.8. The van der Waals surface area contributed by atoms with Crippen LogP contribution in [0.15, 0.2) is 12.2 Å². The second kappa shape index (κ2) is 17.4. The van der Waals surface area contributed by atoms with Crippen molar-refractivity contribution in [2.75, 3.05) is 21.3 Å². The Morgan fingerprint density at radius 3 is 1.46 bits per heavy atom. The fourth-order valence-electron chi connectivity index (χ4n) is 2.97. The third-order valence-corrected chi connectivity index (χ3v) is 4.68. The van der Waals surface area contributed by atoms with Gasteiger partial charge in [-0.1, -0.05) is 70.4 Å². The van der Waals surface area contributed by atoms with Crippen molar-refractivity contribution in [2.45, 2.75) is 103 Å². The van der Waals surface area contributed by atoms with Crippen molar-refractivity contribution in [3.63, 3.8) is 0 Å². The maximum atomic E-state index is 5.30. The summed E-state index contributed by atoms with van der Waals surface area (Å²) in [6.07, 6.45) is 22.5. The lowest BCUT2D eigenvalue weighted by molar-refractivity contribution is -0.355. The SMILES string of the molecule is CCCCCCCC/C=C\CCCCCCCC(OC)(OC)OC. The zero-order chi connectivity index (χ0) is 17.9. The van der Waals surface area contributed by atoms with Crippen molar-refractivity contribution in [1.82, 2.24) is 0 Å². The number of hydrogen-bond donors (Lipinski definition) is 0. The molecule has 0 saturated heterocycles. The van der Waals surface area contributed by atoms with Gasteiger partial charge in [-0.2, -0.15) is 0 Å². The predicted molar refractivity (Wildman–Crippen MR) is 103 cm³/mol. The minimum atomic E-state index is -0.848. The number of methoxy groups -OCH3 is 3. The first-order valence-corrected chi connectivity index (χ1v) is 10.0. The fourth-order valence-corrected chi connectivity index (χ4v) is 2.97. The molecule has 0 atom stereocenters. The molecular weight excluding hydrogens is 300 g/mol. The van der Waals surface area contributed by atoms with Crippen LogP contribution < -0.4 is 0 Å². The lowest BCUT2D eigenvalue weighted by Gasteiger charge is -2.28. The van der Waals surface area contributed by atoms with Gasteiger partial charge in [-0.25, -0.2) is 0 Å². The van der Waals surface area contributed by atoms with E-state index in [1.165, 1.54) is 77.0 Å².